The highest BCUT2D eigenvalue weighted by Crippen LogP contribution is 2.31. The Bertz CT molecular complexity index is 834. The fourth-order valence-electron chi connectivity index (χ4n) is 2.76. The lowest BCUT2D eigenvalue weighted by molar-refractivity contribution is -0.141. The topological polar surface area (TPSA) is 67.9 Å². The first-order valence-corrected chi connectivity index (χ1v) is 8.45. The van der Waals surface area contributed by atoms with Crippen LogP contribution in [-0.4, -0.2) is 43.0 Å². The quantitative estimate of drug-likeness (QED) is 0.916. The number of hydrogen-bond acceptors (Lipinski definition) is 4. The van der Waals surface area contributed by atoms with Crippen molar-refractivity contribution in [2.75, 3.05) is 25.5 Å². The summed E-state index contributed by atoms with van der Waals surface area (Å²) in [5.41, 5.74) is 2.86. The van der Waals surface area contributed by atoms with E-state index in [0.29, 0.717) is 11.5 Å². The Kier molecular flexibility index (Phi) is 5.11. The summed E-state index contributed by atoms with van der Waals surface area (Å²) in [6.45, 7) is 4.00. The highest BCUT2D eigenvalue weighted by molar-refractivity contribution is 5.95. The van der Waals surface area contributed by atoms with Crippen LogP contribution in [0.25, 0.3) is 0 Å². The molecule has 0 radical (unpaired) electrons. The van der Waals surface area contributed by atoms with Gasteiger partial charge in [-0.3, -0.25) is 9.59 Å². The van der Waals surface area contributed by atoms with Crippen LogP contribution < -0.4 is 14.8 Å². The number of benzene rings is 2. The minimum absolute atomic E-state index is 0.0618. The average Bonchev–Trinajstić information content (AvgIpc) is 2.64. The highest BCUT2D eigenvalue weighted by Gasteiger charge is 2.30. The van der Waals surface area contributed by atoms with E-state index >= 15 is 0 Å². The van der Waals surface area contributed by atoms with Crippen molar-refractivity contribution in [2.24, 2.45) is 0 Å². The van der Waals surface area contributed by atoms with E-state index in [1.54, 1.807) is 19.2 Å². The monoisotopic (exact) mass is 354 g/mol. The largest absolute Gasteiger partial charge is 0.485 e. The molecule has 0 fully saturated rings. The van der Waals surface area contributed by atoms with Crippen LogP contribution in [0.15, 0.2) is 42.5 Å². The van der Waals surface area contributed by atoms with E-state index in [4.69, 9.17) is 9.47 Å². The van der Waals surface area contributed by atoms with Crippen LogP contribution in [-0.2, 0) is 9.59 Å². The maximum Gasteiger partial charge on any atom is 0.267 e. The average molecular weight is 354 g/mol. The van der Waals surface area contributed by atoms with Gasteiger partial charge in [0.05, 0.1) is 6.54 Å². The Balaban J connectivity index is 1.59. The second-order valence-electron chi connectivity index (χ2n) is 6.35. The van der Waals surface area contributed by atoms with Gasteiger partial charge in [-0.2, -0.15) is 0 Å². The third-order valence-corrected chi connectivity index (χ3v) is 4.42. The van der Waals surface area contributed by atoms with Gasteiger partial charge < -0.3 is 19.7 Å². The van der Waals surface area contributed by atoms with Gasteiger partial charge in [-0.15, -0.1) is 0 Å². The normalized spacial score (nSPS) is 15.3. The molecule has 0 saturated heterocycles. The Labute approximate surface area is 152 Å². The maximum absolute atomic E-state index is 12.6. The second kappa shape index (κ2) is 7.47. The molecule has 26 heavy (non-hydrogen) atoms. The molecule has 1 unspecified atom stereocenters. The summed E-state index contributed by atoms with van der Waals surface area (Å²) < 4.78 is 11.3. The summed E-state index contributed by atoms with van der Waals surface area (Å²) >= 11 is 0. The number of rotatable bonds is 4. The van der Waals surface area contributed by atoms with E-state index in [9.17, 15) is 9.59 Å². The van der Waals surface area contributed by atoms with Crippen molar-refractivity contribution in [3.63, 3.8) is 0 Å². The first kappa shape index (κ1) is 17.8. The van der Waals surface area contributed by atoms with Crippen molar-refractivity contribution in [2.45, 2.75) is 20.0 Å². The van der Waals surface area contributed by atoms with Crippen molar-refractivity contribution in [1.82, 2.24) is 4.90 Å². The maximum atomic E-state index is 12.6. The number of likely N-dealkylation sites (N-methyl/N-ethyl adjacent to an activating group) is 1. The van der Waals surface area contributed by atoms with E-state index < -0.39 is 6.10 Å². The zero-order chi connectivity index (χ0) is 18.7. The molecule has 0 aliphatic carbocycles. The van der Waals surface area contributed by atoms with Gasteiger partial charge in [0.15, 0.2) is 11.5 Å². The molecule has 6 nitrogen and oxygen atoms in total. The molecule has 2 amide bonds. The molecule has 6 heteroatoms. The number of carbonyl (C=O) groups is 2. The Hall–Kier alpha value is -3.02. The smallest absolute Gasteiger partial charge is 0.267 e. The fraction of sp³-hybridized carbons (Fsp3) is 0.300. The van der Waals surface area contributed by atoms with Crippen molar-refractivity contribution in [3.8, 4) is 11.5 Å². The molecule has 1 heterocycles. The highest BCUT2D eigenvalue weighted by atomic mass is 16.6. The molecule has 1 aliphatic rings. The van der Waals surface area contributed by atoms with Gasteiger partial charge in [-0.25, -0.2) is 0 Å². The zero-order valence-corrected chi connectivity index (χ0v) is 15.1. The third kappa shape index (κ3) is 3.79. The van der Waals surface area contributed by atoms with Gasteiger partial charge in [-0.1, -0.05) is 24.3 Å². The van der Waals surface area contributed by atoms with Gasteiger partial charge in [0.25, 0.3) is 5.91 Å². The van der Waals surface area contributed by atoms with Gasteiger partial charge in [-0.05, 0) is 43.2 Å². The fourth-order valence-corrected chi connectivity index (χ4v) is 2.76. The van der Waals surface area contributed by atoms with E-state index in [-0.39, 0.29) is 25.0 Å². The molecule has 0 spiro atoms. The Morgan fingerprint density at radius 2 is 1.85 bits per heavy atom. The molecule has 0 aromatic heterocycles. The summed E-state index contributed by atoms with van der Waals surface area (Å²) in [6, 6.07) is 12.9. The number of carbonyl (C=O) groups excluding carboxylic acids is 2. The molecular formula is C20H22N2O4. The molecule has 1 N–H and O–H groups in total. The van der Waals surface area contributed by atoms with Crippen molar-refractivity contribution in [1.29, 1.82) is 0 Å². The number of fused-ring (bicyclic) bond motifs is 1. The predicted octanol–water partition coefficient (Wildman–Crippen LogP) is 2.54. The SMILES string of the molecule is Cc1cccc(NC(=O)CN(C)C(=O)C2COc3ccccc3O2)c1C. The summed E-state index contributed by atoms with van der Waals surface area (Å²) in [5, 5.41) is 2.85. The first-order chi connectivity index (χ1) is 12.5. The third-order valence-electron chi connectivity index (χ3n) is 4.42. The minimum Gasteiger partial charge on any atom is -0.485 e. The van der Waals surface area contributed by atoms with E-state index in [1.165, 1.54) is 4.90 Å². The van der Waals surface area contributed by atoms with Gasteiger partial charge in [0.1, 0.15) is 6.61 Å². The van der Waals surface area contributed by atoms with Crippen LogP contribution in [0.4, 0.5) is 5.69 Å². The lowest BCUT2D eigenvalue weighted by Gasteiger charge is -2.28. The summed E-state index contributed by atoms with van der Waals surface area (Å²) in [6.07, 6.45) is -0.761. The number of anilines is 1. The standard InChI is InChI=1S/C20H22N2O4/c1-13-7-6-8-15(14(13)2)21-19(23)11-22(3)20(24)18-12-25-16-9-4-5-10-17(16)26-18/h4-10,18H,11-12H2,1-3H3,(H,21,23). The number of aryl methyl sites for hydroxylation is 1. The summed E-state index contributed by atoms with van der Waals surface area (Å²) in [7, 11) is 1.58. The first-order valence-electron chi connectivity index (χ1n) is 8.45. The van der Waals surface area contributed by atoms with Crippen molar-refractivity contribution >= 4 is 17.5 Å². The Morgan fingerprint density at radius 3 is 2.62 bits per heavy atom. The summed E-state index contributed by atoms with van der Waals surface area (Å²) in [5.74, 6) is 0.597. The predicted molar refractivity (Wildman–Crippen MR) is 98.5 cm³/mol. The molecule has 2 aromatic rings. The molecule has 0 saturated carbocycles. The number of ether oxygens (including phenoxy) is 2. The zero-order valence-electron chi connectivity index (χ0n) is 15.1. The van der Waals surface area contributed by atoms with Gasteiger partial charge in [0, 0.05) is 12.7 Å². The van der Waals surface area contributed by atoms with Crippen molar-refractivity contribution in [3.05, 3.63) is 53.6 Å². The molecule has 2 aromatic carbocycles. The Morgan fingerprint density at radius 1 is 1.12 bits per heavy atom. The van der Waals surface area contributed by atoms with Crippen molar-refractivity contribution < 1.29 is 19.1 Å². The number of amides is 2. The summed E-state index contributed by atoms with van der Waals surface area (Å²) in [4.78, 5) is 26.2. The molecule has 3 rings (SSSR count). The van der Waals surface area contributed by atoms with Crippen LogP contribution in [0.5, 0.6) is 11.5 Å². The van der Waals surface area contributed by atoms with E-state index in [0.717, 1.165) is 16.8 Å². The molecular weight excluding hydrogens is 332 g/mol. The van der Waals surface area contributed by atoms with E-state index in [2.05, 4.69) is 5.32 Å². The molecule has 0 bridgehead atoms. The molecule has 1 atom stereocenters. The van der Waals surface area contributed by atoms with E-state index in [1.807, 2.05) is 44.2 Å². The number of para-hydroxylation sites is 2. The lowest BCUT2D eigenvalue weighted by atomic mass is 10.1. The number of nitrogens with zero attached hydrogens (tertiary/aromatic N) is 1. The minimum atomic E-state index is -0.761. The van der Waals surface area contributed by atoms with Crippen LogP contribution in [0, 0.1) is 13.8 Å². The van der Waals surface area contributed by atoms with Crippen LogP contribution >= 0.6 is 0 Å². The lowest BCUT2D eigenvalue weighted by Crippen LogP contribution is -2.47. The van der Waals surface area contributed by atoms with Crippen LogP contribution in [0.1, 0.15) is 11.1 Å². The van der Waals surface area contributed by atoms with Crippen LogP contribution in [0.2, 0.25) is 0 Å². The molecule has 1 aliphatic heterocycles. The molecule has 136 valence electrons. The van der Waals surface area contributed by atoms with Gasteiger partial charge in [0.2, 0.25) is 12.0 Å². The second-order valence-corrected chi connectivity index (χ2v) is 6.35. The van der Waals surface area contributed by atoms with Crippen LogP contribution in [0.3, 0.4) is 0 Å². The number of hydrogen-bond donors (Lipinski definition) is 1. The number of nitrogens with one attached hydrogen (secondary N) is 1. The van der Waals surface area contributed by atoms with Gasteiger partial charge >= 0.3 is 0 Å².